The minimum Gasteiger partial charge on any atom is -0.325 e. The van der Waals surface area contributed by atoms with Crippen LogP contribution in [0.15, 0.2) is 47.5 Å². The first-order valence-electron chi connectivity index (χ1n) is 8.93. The van der Waals surface area contributed by atoms with Crippen molar-refractivity contribution in [2.45, 2.75) is 25.8 Å². The van der Waals surface area contributed by atoms with Crippen LogP contribution >= 0.6 is 34.8 Å². The third-order valence-electron chi connectivity index (χ3n) is 4.69. The Morgan fingerprint density at radius 3 is 2.54 bits per heavy atom. The Balaban J connectivity index is 1.92. The molecule has 2 heterocycles. The maximum absolute atomic E-state index is 6.48. The maximum atomic E-state index is 6.48. The van der Waals surface area contributed by atoms with E-state index in [0.29, 0.717) is 20.9 Å². The lowest BCUT2D eigenvalue weighted by Gasteiger charge is -2.17. The summed E-state index contributed by atoms with van der Waals surface area (Å²) in [4.78, 5) is 9.56. The van der Waals surface area contributed by atoms with Crippen LogP contribution in [0.2, 0.25) is 15.1 Å². The normalized spacial score (nSPS) is 14.1. The average molecular weight is 435 g/mol. The predicted molar refractivity (Wildman–Crippen MR) is 116 cm³/mol. The number of rotatable bonds is 3. The van der Waals surface area contributed by atoms with Crippen LogP contribution in [-0.2, 0) is 13.0 Å². The lowest BCUT2D eigenvalue weighted by molar-refractivity contribution is 0.519. The molecule has 4 rings (SSSR count). The highest BCUT2D eigenvalue weighted by atomic mass is 35.5. The molecule has 3 aromatic rings. The zero-order valence-electron chi connectivity index (χ0n) is 14.9. The second-order valence-corrected chi connectivity index (χ2v) is 7.82. The Labute approximate surface area is 178 Å². The number of aliphatic imine (C=N–C) groups is 1. The molecule has 3 N–H and O–H groups in total. The minimum absolute atomic E-state index is 0.508. The topological polar surface area (TPSA) is 68.2 Å². The molecule has 2 aromatic carbocycles. The number of aromatic nitrogens is 2. The number of fused-ring (bicyclic) bond motifs is 1. The number of imidazole rings is 1. The third-order valence-corrected chi connectivity index (χ3v) is 5.51. The molecule has 0 saturated carbocycles. The summed E-state index contributed by atoms with van der Waals surface area (Å²) in [6.07, 6.45) is 3.06. The van der Waals surface area contributed by atoms with Crippen LogP contribution in [0.5, 0.6) is 0 Å². The summed E-state index contributed by atoms with van der Waals surface area (Å²) in [6.45, 7) is 0.844. The molecule has 1 aromatic heterocycles. The summed E-state index contributed by atoms with van der Waals surface area (Å²) in [6, 6.07) is 12.6. The summed E-state index contributed by atoms with van der Waals surface area (Å²) in [5.74, 6) is 7.38. The largest absolute Gasteiger partial charge is 0.325 e. The second-order valence-electron chi connectivity index (χ2n) is 6.54. The van der Waals surface area contributed by atoms with E-state index < -0.39 is 0 Å². The molecule has 0 radical (unpaired) electrons. The van der Waals surface area contributed by atoms with Gasteiger partial charge in [-0.05, 0) is 55.3 Å². The molecule has 144 valence electrons. The smallest absolute Gasteiger partial charge is 0.167 e. The highest BCUT2D eigenvalue weighted by Gasteiger charge is 2.25. The van der Waals surface area contributed by atoms with Crippen LogP contribution in [0, 0.1) is 0 Å². The van der Waals surface area contributed by atoms with Gasteiger partial charge in [0.1, 0.15) is 17.2 Å². The van der Waals surface area contributed by atoms with E-state index in [4.69, 9.17) is 50.6 Å². The molecule has 0 atom stereocenters. The first kappa shape index (κ1) is 19.3. The van der Waals surface area contributed by atoms with Crippen molar-refractivity contribution in [2.24, 2.45) is 10.8 Å². The molecule has 1 aliphatic rings. The Kier molecular flexibility index (Phi) is 5.60. The van der Waals surface area contributed by atoms with E-state index in [2.05, 4.69) is 9.99 Å². The molecule has 0 bridgehead atoms. The van der Waals surface area contributed by atoms with E-state index in [9.17, 15) is 0 Å². The minimum atomic E-state index is 0.508. The van der Waals surface area contributed by atoms with Gasteiger partial charge in [0.05, 0.1) is 10.7 Å². The molecule has 5 nitrogen and oxygen atoms in total. The van der Waals surface area contributed by atoms with E-state index in [1.165, 1.54) is 0 Å². The van der Waals surface area contributed by atoms with Gasteiger partial charge in [0.25, 0.3) is 0 Å². The van der Waals surface area contributed by atoms with Crippen molar-refractivity contribution in [3.8, 4) is 11.3 Å². The summed E-state index contributed by atoms with van der Waals surface area (Å²) in [5.41, 5.74) is 5.75. The monoisotopic (exact) mass is 433 g/mol. The average Bonchev–Trinajstić information content (AvgIpc) is 3.08. The fourth-order valence-corrected chi connectivity index (χ4v) is 3.89. The summed E-state index contributed by atoms with van der Waals surface area (Å²) < 4.78 is 2.16. The Morgan fingerprint density at radius 2 is 1.79 bits per heavy atom. The lowest BCUT2D eigenvalue weighted by Crippen LogP contribution is -2.33. The van der Waals surface area contributed by atoms with Crippen LogP contribution < -0.4 is 11.3 Å². The molecule has 0 spiro atoms. The quantitative estimate of drug-likeness (QED) is 0.251. The fourth-order valence-electron chi connectivity index (χ4n) is 3.39. The number of nitrogens with two attached hydrogens (primary N) is 1. The van der Waals surface area contributed by atoms with Crippen LogP contribution in [0.4, 0.5) is 5.69 Å². The van der Waals surface area contributed by atoms with Crippen molar-refractivity contribution in [1.29, 1.82) is 0 Å². The van der Waals surface area contributed by atoms with Gasteiger partial charge in [0.2, 0.25) is 0 Å². The molecular formula is C20H18Cl3N5. The molecule has 8 heteroatoms. The molecular weight excluding hydrogens is 417 g/mol. The van der Waals surface area contributed by atoms with Gasteiger partial charge in [-0.15, -0.1) is 0 Å². The van der Waals surface area contributed by atoms with E-state index in [1.807, 2.05) is 18.2 Å². The summed E-state index contributed by atoms with van der Waals surface area (Å²) in [5, 5.41) is 1.81. The predicted octanol–water partition coefficient (Wildman–Crippen LogP) is 5.39. The highest BCUT2D eigenvalue weighted by Crippen LogP contribution is 2.34. The standard InChI is InChI=1S/C20H18Cl3N5/c21-12-4-7-14(8-5-12)25-20(27-24)19-18(15-11-13(22)6-9-16(15)23)26-17-3-1-2-10-28(17)19/h4-9,11H,1-3,10,24H2,(H,25,27). The van der Waals surface area contributed by atoms with E-state index >= 15 is 0 Å². The number of benzene rings is 2. The van der Waals surface area contributed by atoms with Gasteiger partial charge in [-0.2, -0.15) is 0 Å². The van der Waals surface area contributed by atoms with Gasteiger partial charge < -0.3 is 9.99 Å². The number of nitrogens with zero attached hydrogens (tertiary/aromatic N) is 3. The van der Waals surface area contributed by atoms with E-state index in [1.54, 1.807) is 24.3 Å². The number of hydrogen-bond acceptors (Lipinski definition) is 3. The molecule has 0 unspecified atom stereocenters. The van der Waals surface area contributed by atoms with Gasteiger partial charge in [0.15, 0.2) is 5.84 Å². The van der Waals surface area contributed by atoms with Gasteiger partial charge in [-0.25, -0.2) is 15.8 Å². The summed E-state index contributed by atoms with van der Waals surface area (Å²) in [7, 11) is 0. The number of amidine groups is 1. The molecule has 1 aliphatic heterocycles. The Morgan fingerprint density at radius 1 is 1.04 bits per heavy atom. The van der Waals surface area contributed by atoms with Gasteiger partial charge in [-0.3, -0.25) is 0 Å². The van der Waals surface area contributed by atoms with Crippen LogP contribution in [0.3, 0.4) is 0 Å². The zero-order chi connectivity index (χ0) is 19.7. The second kappa shape index (κ2) is 8.13. The first-order chi connectivity index (χ1) is 13.6. The molecule has 0 amide bonds. The Bertz CT molecular complexity index is 1040. The van der Waals surface area contributed by atoms with Crippen molar-refractivity contribution >= 4 is 46.3 Å². The third kappa shape index (κ3) is 3.76. The zero-order valence-corrected chi connectivity index (χ0v) is 17.2. The number of hydrazine groups is 1. The number of halogens is 3. The van der Waals surface area contributed by atoms with E-state index in [0.717, 1.165) is 54.3 Å². The van der Waals surface area contributed by atoms with Crippen molar-refractivity contribution in [3.05, 3.63) is 69.1 Å². The van der Waals surface area contributed by atoms with Crippen molar-refractivity contribution < 1.29 is 0 Å². The first-order valence-corrected chi connectivity index (χ1v) is 10.1. The summed E-state index contributed by atoms with van der Waals surface area (Å²) >= 11 is 18.7. The van der Waals surface area contributed by atoms with Crippen LogP contribution in [-0.4, -0.2) is 15.4 Å². The number of hydrogen-bond donors (Lipinski definition) is 2. The van der Waals surface area contributed by atoms with Crippen LogP contribution in [0.25, 0.3) is 11.3 Å². The molecule has 28 heavy (non-hydrogen) atoms. The maximum Gasteiger partial charge on any atom is 0.167 e. The van der Waals surface area contributed by atoms with Gasteiger partial charge in [-0.1, -0.05) is 34.8 Å². The van der Waals surface area contributed by atoms with Crippen molar-refractivity contribution in [2.75, 3.05) is 0 Å². The van der Waals surface area contributed by atoms with Crippen molar-refractivity contribution in [1.82, 2.24) is 15.0 Å². The van der Waals surface area contributed by atoms with Crippen LogP contribution in [0.1, 0.15) is 24.4 Å². The van der Waals surface area contributed by atoms with Gasteiger partial charge >= 0.3 is 0 Å². The fraction of sp³-hybridized carbons (Fsp3) is 0.200. The molecule has 0 aliphatic carbocycles. The number of aryl methyl sites for hydroxylation is 1. The Hall–Kier alpha value is -2.05. The molecule has 0 saturated heterocycles. The number of nitrogens with one attached hydrogen (secondary N) is 1. The van der Waals surface area contributed by atoms with Crippen molar-refractivity contribution in [3.63, 3.8) is 0 Å². The SMILES string of the molecule is NNC(=Nc1ccc(Cl)cc1)c1c(-c2cc(Cl)ccc2Cl)nc2n1CCCC2. The highest BCUT2D eigenvalue weighted by molar-refractivity contribution is 6.35. The lowest BCUT2D eigenvalue weighted by atomic mass is 10.1. The molecule has 0 fully saturated rings. The van der Waals surface area contributed by atoms with Gasteiger partial charge in [0, 0.05) is 28.6 Å². The van der Waals surface area contributed by atoms with E-state index in [-0.39, 0.29) is 0 Å².